The van der Waals surface area contributed by atoms with E-state index in [4.69, 9.17) is 0 Å². The molecule has 0 aliphatic rings. The first-order chi connectivity index (χ1) is 14.3. The highest BCUT2D eigenvalue weighted by atomic mass is 29.3. The highest BCUT2D eigenvalue weighted by molar-refractivity contribution is 7.48. The standard InChI is InChI=1S/C27H32Si3/c1-28(2,3)30(5,27-21-13-8-14-22-27)24-16-15-23-29(4,25-17-9-6-10-18-25)26-19-11-7-12-20-26/h6-15,17-23H,1-5H3/b23-15+. The molecule has 0 saturated heterocycles. The summed E-state index contributed by atoms with van der Waals surface area (Å²) in [4.78, 5) is 0. The predicted molar refractivity (Wildman–Crippen MR) is 142 cm³/mol. The Balaban J connectivity index is 2.02. The molecule has 0 radical (unpaired) electrons. The number of allylic oxidation sites excluding steroid dienone is 1. The van der Waals surface area contributed by atoms with Gasteiger partial charge < -0.3 is 0 Å². The Morgan fingerprint density at radius 1 is 0.567 bits per heavy atom. The smallest absolute Gasteiger partial charge is 0.124 e. The topological polar surface area (TPSA) is 0 Å². The van der Waals surface area contributed by atoms with Crippen LogP contribution in [0.15, 0.2) is 103 Å². The lowest BCUT2D eigenvalue weighted by atomic mass is 10.4. The minimum atomic E-state index is -1.98. The third kappa shape index (κ3) is 4.67. The molecule has 0 bridgehead atoms. The van der Waals surface area contributed by atoms with E-state index in [0.29, 0.717) is 0 Å². The lowest BCUT2D eigenvalue weighted by Crippen LogP contribution is -2.62. The molecule has 0 amide bonds. The van der Waals surface area contributed by atoms with Gasteiger partial charge in [0.15, 0.2) is 7.59 Å². The molecule has 3 rings (SSSR count). The minimum absolute atomic E-state index is 1.42. The number of rotatable bonds is 5. The van der Waals surface area contributed by atoms with Crippen molar-refractivity contribution in [2.24, 2.45) is 0 Å². The zero-order chi connectivity index (χ0) is 21.7. The molecular formula is C27H32Si3. The molecular weight excluding hydrogens is 409 g/mol. The Morgan fingerprint density at radius 2 is 0.967 bits per heavy atom. The molecule has 0 N–H and O–H groups in total. The van der Waals surface area contributed by atoms with Crippen molar-refractivity contribution in [1.82, 2.24) is 0 Å². The molecule has 0 saturated carbocycles. The zero-order valence-corrected chi connectivity index (χ0v) is 21.8. The Bertz CT molecular complexity index is 1000. The monoisotopic (exact) mass is 440 g/mol. The van der Waals surface area contributed by atoms with Crippen LogP contribution in [-0.4, -0.2) is 23.3 Å². The fraction of sp³-hybridized carbons (Fsp3) is 0.185. The van der Waals surface area contributed by atoms with Gasteiger partial charge in [0.1, 0.15) is 8.07 Å². The molecule has 0 heterocycles. The first kappa shape index (κ1) is 22.3. The van der Waals surface area contributed by atoms with E-state index in [2.05, 4.69) is 147 Å². The summed E-state index contributed by atoms with van der Waals surface area (Å²) in [5.41, 5.74) is 6.23. The molecule has 3 aromatic rings. The highest BCUT2D eigenvalue weighted by Crippen LogP contribution is 2.18. The van der Waals surface area contributed by atoms with E-state index >= 15 is 0 Å². The van der Waals surface area contributed by atoms with Crippen LogP contribution in [0.4, 0.5) is 0 Å². The molecule has 3 aromatic carbocycles. The van der Waals surface area contributed by atoms with Gasteiger partial charge >= 0.3 is 0 Å². The molecule has 1 unspecified atom stereocenters. The second kappa shape index (κ2) is 9.18. The Morgan fingerprint density at radius 3 is 1.37 bits per heavy atom. The van der Waals surface area contributed by atoms with E-state index in [9.17, 15) is 0 Å². The van der Waals surface area contributed by atoms with Gasteiger partial charge in [-0.15, -0.1) is 5.54 Å². The van der Waals surface area contributed by atoms with Gasteiger partial charge in [-0.05, 0) is 11.3 Å². The summed E-state index contributed by atoms with van der Waals surface area (Å²) < 4.78 is 0. The van der Waals surface area contributed by atoms with Crippen molar-refractivity contribution >= 4 is 38.8 Å². The first-order valence-corrected chi connectivity index (χ1v) is 20.2. The van der Waals surface area contributed by atoms with Crippen LogP contribution in [-0.2, 0) is 0 Å². The normalized spacial score (nSPS) is 14.0. The largest absolute Gasteiger partial charge is 0.155 e. The maximum atomic E-state index is 3.81. The molecule has 152 valence electrons. The van der Waals surface area contributed by atoms with E-state index in [1.807, 2.05) is 0 Å². The van der Waals surface area contributed by atoms with E-state index < -0.39 is 23.3 Å². The molecule has 0 aromatic heterocycles. The molecule has 0 aliphatic heterocycles. The lowest BCUT2D eigenvalue weighted by molar-refractivity contribution is 1.69. The van der Waals surface area contributed by atoms with E-state index in [1.165, 1.54) is 15.6 Å². The highest BCUT2D eigenvalue weighted by Gasteiger charge is 2.42. The van der Waals surface area contributed by atoms with E-state index in [0.717, 1.165) is 0 Å². The number of hydrogen-bond donors (Lipinski definition) is 0. The van der Waals surface area contributed by atoms with Crippen LogP contribution < -0.4 is 15.6 Å². The minimum Gasteiger partial charge on any atom is -0.124 e. The van der Waals surface area contributed by atoms with Crippen LogP contribution >= 0.6 is 0 Å². The van der Waals surface area contributed by atoms with Crippen molar-refractivity contribution in [2.45, 2.75) is 32.7 Å². The summed E-state index contributed by atoms with van der Waals surface area (Å²) in [6.45, 7) is 12.3. The summed E-state index contributed by atoms with van der Waals surface area (Å²) in [6.07, 6.45) is 2.15. The van der Waals surface area contributed by atoms with Gasteiger partial charge in [-0.2, -0.15) is 0 Å². The second-order valence-corrected chi connectivity index (χ2v) is 28.2. The van der Waals surface area contributed by atoms with Crippen molar-refractivity contribution in [3.05, 3.63) is 103 Å². The van der Waals surface area contributed by atoms with Crippen LogP contribution in [0.3, 0.4) is 0 Å². The average molecular weight is 441 g/mol. The molecule has 0 spiro atoms. The summed E-state index contributed by atoms with van der Waals surface area (Å²) >= 11 is 0. The van der Waals surface area contributed by atoms with Crippen molar-refractivity contribution < 1.29 is 0 Å². The lowest BCUT2D eigenvalue weighted by Gasteiger charge is -2.34. The third-order valence-corrected chi connectivity index (χ3v) is 25.7. The van der Waals surface area contributed by atoms with Crippen LogP contribution in [0.25, 0.3) is 0 Å². The molecule has 0 aliphatic carbocycles. The van der Waals surface area contributed by atoms with Crippen molar-refractivity contribution in [3.8, 4) is 11.5 Å². The Kier molecular flexibility index (Phi) is 6.82. The van der Waals surface area contributed by atoms with Gasteiger partial charge in [0.2, 0.25) is 0 Å². The first-order valence-electron chi connectivity index (χ1n) is 10.6. The van der Waals surface area contributed by atoms with Crippen molar-refractivity contribution in [2.75, 3.05) is 0 Å². The summed E-state index contributed by atoms with van der Waals surface area (Å²) in [5.74, 6) is 3.53. The second-order valence-electron chi connectivity index (χ2n) is 9.28. The summed E-state index contributed by atoms with van der Waals surface area (Å²) in [6, 6.07) is 32.8. The van der Waals surface area contributed by atoms with Crippen LogP contribution in [0.5, 0.6) is 0 Å². The van der Waals surface area contributed by atoms with Gasteiger partial charge in [0.25, 0.3) is 0 Å². The maximum absolute atomic E-state index is 3.81. The summed E-state index contributed by atoms with van der Waals surface area (Å²) in [7, 11) is -5.25. The number of benzene rings is 3. The van der Waals surface area contributed by atoms with Gasteiger partial charge in [-0.25, -0.2) is 0 Å². The van der Waals surface area contributed by atoms with Gasteiger partial charge in [0.05, 0.1) is 7.59 Å². The van der Waals surface area contributed by atoms with Crippen molar-refractivity contribution in [3.63, 3.8) is 0 Å². The number of hydrogen-bond acceptors (Lipinski definition) is 0. The van der Waals surface area contributed by atoms with Crippen LogP contribution in [0.1, 0.15) is 0 Å². The fourth-order valence-corrected chi connectivity index (χ4v) is 13.7. The van der Waals surface area contributed by atoms with Crippen LogP contribution in [0, 0.1) is 11.5 Å². The maximum Gasteiger partial charge on any atom is 0.155 e. The van der Waals surface area contributed by atoms with Gasteiger partial charge in [-0.1, -0.05) is 146 Å². The molecule has 30 heavy (non-hydrogen) atoms. The van der Waals surface area contributed by atoms with E-state index in [1.54, 1.807) is 0 Å². The third-order valence-electron chi connectivity index (χ3n) is 6.42. The molecule has 3 heteroatoms. The quantitative estimate of drug-likeness (QED) is 0.390. The van der Waals surface area contributed by atoms with Gasteiger partial charge in [-0.3, -0.25) is 0 Å². The molecule has 1 atom stereocenters. The van der Waals surface area contributed by atoms with E-state index in [-0.39, 0.29) is 0 Å². The predicted octanol–water partition coefficient (Wildman–Crippen LogP) is 4.92. The fourth-order valence-electron chi connectivity index (χ4n) is 3.79. The molecule has 0 fully saturated rings. The average Bonchev–Trinajstić information content (AvgIpc) is 2.77. The molecule has 0 nitrogen and oxygen atoms in total. The SMILES string of the molecule is C[Si](/C=C/C#C[Si](C)(c1ccccc1)[Si](C)(C)C)(c1ccccc1)c1ccccc1. The van der Waals surface area contributed by atoms with Gasteiger partial charge in [0, 0.05) is 0 Å². The Hall–Kier alpha value is -2.39. The van der Waals surface area contributed by atoms with Crippen molar-refractivity contribution in [1.29, 1.82) is 0 Å². The summed E-state index contributed by atoms with van der Waals surface area (Å²) in [5, 5.41) is 4.31. The zero-order valence-electron chi connectivity index (χ0n) is 18.8. The van der Waals surface area contributed by atoms with Crippen LogP contribution in [0.2, 0.25) is 32.7 Å². The Labute approximate surface area is 185 Å².